The van der Waals surface area contributed by atoms with Crippen molar-refractivity contribution in [3.05, 3.63) is 35.9 Å². The second kappa shape index (κ2) is 4.72. The minimum atomic E-state index is -1.01. The highest BCUT2D eigenvalue weighted by Crippen LogP contribution is 1.94. The minimum Gasteiger partial charge on any atom is -0.459 e. The molecular formula is C9H13NOSi. The van der Waals surface area contributed by atoms with E-state index in [1.807, 2.05) is 30.3 Å². The molecule has 2 nitrogen and oxygen atoms in total. The standard InChI is InChI=1S/C9H13NOSi/c1-12(2)11-10-8-9-6-4-3-5-7-9/h3-8,12H,1-2H3. The van der Waals surface area contributed by atoms with Gasteiger partial charge < -0.3 is 4.53 Å². The zero-order chi connectivity index (χ0) is 8.81. The van der Waals surface area contributed by atoms with Gasteiger partial charge in [-0.2, -0.15) is 0 Å². The summed E-state index contributed by atoms with van der Waals surface area (Å²) in [7, 11) is -1.01. The SMILES string of the molecule is C[SiH](C)ON=Cc1ccccc1. The molecule has 0 saturated carbocycles. The Morgan fingerprint density at radius 3 is 2.50 bits per heavy atom. The maximum absolute atomic E-state index is 5.15. The van der Waals surface area contributed by atoms with Gasteiger partial charge in [-0.25, -0.2) is 0 Å². The van der Waals surface area contributed by atoms with Crippen LogP contribution in [0.4, 0.5) is 0 Å². The van der Waals surface area contributed by atoms with Crippen molar-refractivity contribution in [3.63, 3.8) is 0 Å². The summed E-state index contributed by atoms with van der Waals surface area (Å²) in [4.78, 5) is 0. The number of nitrogens with zero attached hydrogens (tertiary/aromatic N) is 1. The van der Waals surface area contributed by atoms with Crippen LogP contribution < -0.4 is 0 Å². The fourth-order valence-electron chi connectivity index (χ4n) is 0.752. The second-order valence-corrected chi connectivity index (χ2v) is 5.11. The molecule has 0 radical (unpaired) electrons. The molecule has 0 heterocycles. The van der Waals surface area contributed by atoms with Crippen LogP contribution in [0.15, 0.2) is 35.5 Å². The van der Waals surface area contributed by atoms with Gasteiger partial charge in [0, 0.05) is 0 Å². The third-order valence-corrected chi connectivity index (χ3v) is 1.82. The highest BCUT2D eigenvalue weighted by atomic mass is 28.3. The summed E-state index contributed by atoms with van der Waals surface area (Å²) in [5.41, 5.74) is 1.08. The van der Waals surface area contributed by atoms with Crippen LogP contribution in [0.25, 0.3) is 0 Å². The molecule has 1 rings (SSSR count). The Balaban J connectivity index is 2.47. The lowest BCUT2D eigenvalue weighted by Crippen LogP contribution is -2.01. The van der Waals surface area contributed by atoms with Crippen LogP contribution in [-0.2, 0) is 4.53 Å². The molecule has 64 valence electrons. The first-order valence-electron chi connectivity index (χ1n) is 4.03. The molecule has 0 spiro atoms. The van der Waals surface area contributed by atoms with E-state index in [4.69, 9.17) is 4.53 Å². The number of hydrogen-bond acceptors (Lipinski definition) is 2. The third kappa shape index (κ3) is 3.34. The van der Waals surface area contributed by atoms with Gasteiger partial charge in [-0.05, 0) is 18.7 Å². The molecule has 0 fully saturated rings. The highest BCUT2D eigenvalue weighted by molar-refractivity contribution is 6.48. The van der Waals surface area contributed by atoms with Crippen molar-refractivity contribution in [1.82, 2.24) is 0 Å². The summed E-state index contributed by atoms with van der Waals surface area (Å²) in [6.07, 6.45) is 1.74. The van der Waals surface area contributed by atoms with Gasteiger partial charge in [-0.3, -0.25) is 0 Å². The van der Waals surface area contributed by atoms with Gasteiger partial charge in [-0.15, -0.1) is 5.16 Å². The molecule has 3 heteroatoms. The van der Waals surface area contributed by atoms with Crippen LogP contribution in [0.1, 0.15) is 5.56 Å². The second-order valence-electron chi connectivity index (χ2n) is 2.80. The number of hydrogen-bond donors (Lipinski definition) is 0. The smallest absolute Gasteiger partial charge is 0.266 e. The predicted octanol–water partition coefficient (Wildman–Crippen LogP) is 2.02. The van der Waals surface area contributed by atoms with Crippen LogP contribution in [-0.4, -0.2) is 15.3 Å². The van der Waals surface area contributed by atoms with Crippen molar-refractivity contribution in [2.75, 3.05) is 0 Å². The van der Waals surface area contributed by atoms with Gasteiger partial charge in [0.25, 0.3) is 9.04 Å². The topological polar surface area (TPSA) is 21.6 Å². The van der Waals surface area contributed by atoms with Gasteiger partial charge in [0.1, 0.15) is 0 Å². The first kappa shape index (κ1) is 9.00. The van der Waals surface area contributed by atoms with E-state index in [9.17, 15) is 0 Å². The largest absolute Gasteiger partial charge is 0.459 e. The predicted molar refractivity (Wildman–Crippen MR) is 54.0 cm³/mol. The Morgan fingerprint density at radius 2 is 1.92 bits per heavy atom. The summed E-state index contributed by atoms with van der Waals surface area (Å²) in [6, 6.07) is 9.93. The van der Waals surface area contributed by atoms with Gasteiger partial charge in [0.2, 0.25) is 0 Å². The van der Waals surface area contributed by atoms with E-state index in [-0.39, 0.29) is 0 Å². The van der Waals surface area contributed by atoms with E-state index < -0.39 is 9.04 Å². The van der Waals surface area contributed by atoms with Gasteiger partial charge in [0.05, 0.1) is 6.21 Å². The van der Waals surface area contributed by atoms with Gasteiger partial charge in [0.15, 0.2) is 0 Å². The lowest BCUT2D eigenvalue weighted by Gasteiger charge is -1.98. The van der Waals surface area contributed by atoms with Crippen LogP contribution in [0, 0.1) is 0 Å². The quantitative estimate of drug-likeness (QED) is 0.395. The lowest BCUT2D eigenvalue weighted by molar-refractivity contribution is 0.354. The van der Waals surface area contributed by atoms with E-state index in [1.54, 1.807) is 6.21 Å². The Bertz CT molecular complexity index is 246. The summed E-state index contributed by atoms with van der Waals surface area (Å²) >= 11 is 0. The molecule has 0 bridgehead atoms. The summed E-state index contributed by atoms with van der Waals surface area (Å²) in [5, 5.41) is 3.88. The van der Waals surface area contributed by atoms with Crippen molar-refractivity contribution >= 4 is 15.3 Å². The van der Waals surface area contributed by atoms with Crippen LogP contribution in [0.3, 0.4) is 0 Å². The van der Waals surface area contributed by atoms with E-state index >= 15 is 0 Å². The monoisotopic (exact) mass is 179 g/mol. The molecule has 0 aliphatic heterocycles. The van der Waals surface area contributed by atoms with Crippen molar-refractivity contribution in [2.45, 2.75) is 13.1 Å². The summed E-state index contributed by atoms with van der Waals surface area (Å²) in [5.74, 6) is 0. The molecule has 0 atom stereocenters. The zero-order valence-corrected chi connectivity index (χ0v) is 8.55. The average molecular weight is 179 g/mol. The highest BCUT2D eigenvalue weighted by Gasteiger charge is 1.91. The van der Waals surface area contributed by atoms with Crippen LogP contribution >= 0.6 is 0 Å². The minimum absolute atomic E-state index is 1.01. The summed E-state index contributed by atoms with van der Waals surface area (Å²) < 4.78 is 5.15. The Morgan fingerprint density at radius 1 is 1.25 bits per heavy atom. The number of oxime groups is 1. The molecule has 0 unspecified atom stereocenters. The maximum Gasteiger partial charge on any atom is 0.266 e. The number of benzene rings is 1. The average Bonchev–Trinajstić information content (AvgIpc) is 2.05. The molecular weight excluding hydrogens is 166 g/mol. The van der Waals surface area contributed by atoms with Crippen molar-refractivity contribution in [3.8, 4) is 0 Å². The van der Waals surface area contributed by atoms with Crippen molar-refractivity contribution in [1.29, 1.82) is 0 Å². The van der Waals surface area contributed by atoms with E-state index in [0.717, 1.165) is 5.56 Å². The normalized spacial score (nSPS) is 10.9. The summed E-state index contributed by atoms with van der Waals surface area (Å²) in [6.45, 7) is 4.17. The first-order chi connectivity index (χ1) is 5.79. The molecule has 0 saturated heterocycles. The van der Waals surface area contributed by atoms with Crippen molar-refractivity contribution < 1.29 is 4.53 Å². The van der Waals surface area contributed by atoms with E-state index in [1.165, 1.54) is 0 Å². The Hall–Kier alpha value is -1.09. The molecule has 1 aromatic rings. The molecule has 12 heavy (non-hydrogen) atoms. The van der Waals surface area contributed by atoms with Gasteiger partial charge >= 0.3 is 0 Å². The van der Waals surface area contributed by atoms with E-state index in [2.05, 4.69) is 18.2 Å². The zero-order valence-electron chi connectivity index (χ0n) is 7.40. The van der Waals surface area contributed by atoms with Gasteiger partial charge in [-0.1, -0.05) is 30.3 Å². The molecule has 0 amide bonds. The van der Waals surface area contributed by atoms with Crippen molar-refractivity contribution in [2.24, 2.45) is 5.16 Å². The third-order valence-electron chi connectivity index (χ3n) is 1.27. The molecule has 1 aromatic carbocycles. The molecule has 0 aliphatic carbocycles. The maximum atomic E-state index is 5.15. The van der Waals surface area contributed by atoms with Crippen LogP contribution in [0.2, 0.25) is 13.1 Å². The Kier molecular flexibility index (Phi) is 3.54. The molecule has 0 aromatic heterocycles. The number of rotatable bonds is 3. The molecule has 0 N–H and O–H groups in total. The van der Waals surface area contributed by atoms with Crippen LogP contribution in [0.5, 0.6) is 0 Å². The fraction of sp³-hybridized carbons (Fsp3) is 0.222. The lowest BCUT2D eigenvalue weighted by atomic mass is 10.2. The Labute approximate surface area is 74.6 Å². The van der Waals surface area contributed by atoms with E-state index in [0.29, 0.717) is 0 Å². The first-order valence-corrected chi connectivity index (χ1v) is 6.81. The molecule has 0 aliphatic rings. The fourth-order valence-corrected chi connectivity index (χ4v) is 1.06.